The summed E-state index contributed by atoms with van der Waals surface area (Å²) in [5, 5.41) is 0. The highest BCUT2D eigenvalue weighted by atomic mass is 16.6. The van der Waals surface area contributed by atoms with Crippen molar-refractivity contribution in [2.24, 2.45) is 0 Å². The van der Waals surface area contributed by atoms with Crippen LogP contribution in [0.2, 0.25) is 0 Å². The monoisotopic (exact) mass is 167 g/mol. The Kier molecular flexibility index (Phi) is 2.91. The molecule has 1 aliphatic rings. The Balaban J connectivity index is 2.45. The van der Waals surface area contributed by atoms with Crippen LogP contribution in [0.4, 0.5) is 0 Å². The molecule has 1 saturated heterocycles. The van der Waals surface area contributed by atoms with Gasteiger partial charge in [-0.15, -0.1) is 0 Å². The molecule has 0 radical (unpaired) electrons. The first-order valence-electron chi connectivity index (χ1n) is 3.99. The van der Waals surface area contributed by atoms with Crippen LogP contribution in [0.3, 0.4) is 0 Å². The van der Waals surface area contributed by atoms with Crippen LogP contribution >= 0.6 is 0 Å². The average Bonchev–Trinajstić information content (AvgIpc) is 2.51. The number of hydrogen-bond acceptors (Lipinski definition) is 3. The molecule has 0 bridgehead atoms. The smallest absolute Gasteiger partial charge is 0.332 e. The summed E-state index contributed by atoms with van der Waals surface area (Å²) in [7, 11) is 0. The third-order valence-electron chi connectivity index (χ3n) is 1.89. The predicted octanol–water partition coefficient (Wildman–Crippen LogP) is 1.28. The van der Waals surface area contributed by atoms with Gasteiger partial charge in [-0.2, -0.15) is 0 Å². The third-order valence-corrected chi connectivity index (χ3v) is 1.89. The van der Waals surface area contributed by atoms with Crippen molar-refractivity contribution in [3.63, 3.8) is 0 Å². The second-order valence-electron chi connectivity index (χ2n) is 2.66. The van der Waals surface area contributed by atoms with Crippen LogP contribution in [-0.2, 0) is 9.53 Å². The second kappa shape index (κ2) is 3.95. The first-order chi connectivity index (χ1) is 5.77. The standard InChI is InChI=1S/C9H13NO2/c1-3-9(11)12-8-6-5-7-10(8)4-2/h3-4,8H,1-2,5-7H2. The van der Waals surface area contributed by atoms with Crippen molar-refractivity contribution in [1.82, 2.24) is 4.90 Å². The summed E-state index contributed by atoms with van der Waals surface area (Å²) in [6.07, 6.45) is 4.67. The van der Waals surface area contributed by atoms with E-state index in [4.69, 9.17) is 4.74 Å². The SMILES string of the molecule is C=CC(=O)OC1CCCN1C=C. The van der Waals surface area contributed by atoms with Gasteiger partial charge >= 0.3 is 5.97 Å². The lowest BCUT2D eigenvalue weighted by Gasteiger charge is -2.21. The van der Waals surface area contributed by atoms with Crippen molar-refractivity contribution in [2.45, 2.75) is 19.1 Å². The van der Waals surface area contributed by atoms with Gasteiger partial charge in [0.2, 0.25) is 0 Å². The maximum absolute atomic E-state index is 10.8. The lowest BCUT2D eigenvalue weighted by atomic mass is 10.4. The van der Waals surface area contributed by atoms with Gasteiger partial charge in [0, 0.05) is 19.0 Å². The normalized spacial score (nSPS) is 22.0. The van der Waals surface area contributed by atoms with E-state index in [2.05, 4.69) is 13.2 Å². The molecule has 0 spiro atoms. The molecule has 0 aliphatic carbocycles. The van der Waals surface area contributed by atoms with Crippen LogP contribution in [0, 0.1) is 0 Å². The maximum Gasteiger partial charge on any atom is 0.332 e. The van der Waals surface area contributed by atoms with E-state index < -0.39 is 0 Å². The highest BCUT2D eigenvalue weighted by Crippen LogP contribution is 2.18. The van der Waals surface area contributed by atoms with Gasteiger partial charge in [0.1, 0.15) is 0 Å². The predicted molar refractivity (Wildman–Crippen MR) is 46.2 cm³/mol. The van der Waals surface area contributed by atoms with Crippen molar-refractivity contribution in [2.75, 3.05) is 6.54 Å². The van der Waals surface area contributed by atoms with Crippen molar-refractivity contribution >= 4 is 5.97 Å². The first kappa shape index (κ1) is 8.84. The minimum Gasteiger partial charge on any atom is -0.438 e. The molecule has 1 unspecified atom stereocenters. The first-order valence-corrected chi connectivity index (χ1v) is 3.99. The highest BCUT2D eigenvalue weighted by molar-refractivity contribution is 5.81. The minimum atomic E-state index is -0.367. The van der Waals surface area contributed by atoms with Crippen molar-refractivity contribution in [3.8, 4) is 0 Å². The van der Waals surface area contributed by atoms with E-state index in [0.29, 0.717) is 0 Å². The van der Waals surface area contributed by atoms with Gasteiger partial charge in [-0.3, -0.25) is 0 Å². The molecule has 3 heteroatoms. The molecule has 0 saturated carbocycles. The summed E-state index contributed by atoms with van der Waals surface area (Å²) in [5.74, 6) is -0.367. The van der Waals surface area contributed by atoms with Crippen LogP contribution in [0.1, 0.15) is 12.8 Å². The molecule has 1 aliphatic heterocycles. The van der Waals surface area contributed by atoms with E-state index in [1.165, 1.54) is 6.08 Å². The number of esters is 1. The quantitative estimate of drug-likeness (QED) is 0.468. The Morgan fingerprint density at radius 3 is 2.92 bits per heavy atom. The minimum absolute atomic E-state index is 0.131. The molecule has 66 valence electrons. The Bertz CT molecular complexity index is 201. The topological polar surface area (TPSA) is 29.5 Å². The largest absolute Gasteiger partial charge is 0.438 e. The zero-order valence-corrected chi connectivity index (χ0v) is 7.03. The van der Waals surface area contributed by atoms with Crippen molar-refractivity contribution in [1.29, 1.82) is 0 Å². The number of nitrogens with zero attached hydrogens (tertiary/aromatic N) is 1. The lowest BCUT2D eigenvalue weighted by Crippen LogP contribution is -2.28. The molecule has 1 fully saturated rings. The molecule has 12 heavy (non-hydrogen) atoms. The molecule has 0 aromatic carbocycles. The van der Waals surface area contributed by atoms with Crippen LogP contribution < -0.4 is 0 Å². The van der Waals surface area contributed by atoms with Crippen LogP contribution in [0.5, 0.6) is 0 Å². The summed E-state index contributed by atoms with van der Waals surface area (Å²) < 4.78 is 5.06. The van der Waals surface area contributed by atoms with Gasteiger partial charge in [0.25, 0.3) is 0 Å². The van der Waals surface area contributed by atoms with Crippen molar-refractivity contribution in [3.05, 3.63) is 25.4 Å². The fourth-order valence-electron chi connectivity index (χ4n) is 1.28. The highest BCUT2D eigenvalue weighted by Gasteiger charge is 2.23. The lowest BCUT2D eigenvalue weighted by molar-refractivity contribution is -0.148. The molecule has 1 atom stereocenters. The number of carbonyl (C=O) groups is 1. The van der Waals surface area contributed by atoms with Gasteiger partial charge in [-0.1, -0.05) is 13.2 Å². The molecule has 0 aromatic heterocycles. The molecular formula is C9H13NO2. The van der Waals surface area contributed by atoms with Gasteiger partial charge in [0.05, 0.1) is 0 Å². The zero-order chi connectivity index (χ0) is 8.97. The molecule has 1 heterocycles. The Hall–Kier alpha value is -1.25. The summed E-state index contributed by atoms with van der Waals surface area (Å²) >= 11 is 0. The van der Waals surface area contributed by atoms with E-state index in [9.17, 15) is 4.79 Å². The molecular weight excluding hydrogens is 154 g/mol. The molecule has 0 aromatic rings. The van der Waals surface area contributed by atoms with Crippen molar-refractivity contribution < 1.29 is 9.53 Å². The van der Waals surface area contributed by atoms with E-state index in [-0.39, 0.29) is 12.2 Å². The van der Waals surface area contributed by atoms with E-state index in [1.807, 2.05) is 4.90 Å². The molecule has 3 nitrogen and oxygen atoms in total. The zero-order valence-electron chi connectivity index (χ0n) is 7.03. The fourth-order valence-corrected chi connectivity index (χ4v) is 1.28. The molecule has 0 amide bonds. The van der Waals surface area contributed by atoms with Gasteiger partial charge in [-0.05, 0) is 12.6 Å². The van der Waals surface area contributed by atoms with Crippen LogP contribution in [0.15, 0.2) is 25.4 Å². The van der Waals surface area contributed by atoms with Crippen LogP contribution in [0.25, 0.3) is 0 Å². The summed E-state index contributed by atoms with van der Waals surface area (Å²) in [6, 6.07) is 0. The average molecular weight is 167 g/mol. The summed E-state index contributed by atoms with van der Waals surface area (Å²) in [6.45, 7) is 7.88. The molecule has 0 N–H and O–H groups in total. The number of hydrogen-bond donors (Lipinski definition) is 0. The Morgan fingerprint density at radius 2 is 2.33 bits per heavy atom. The number of likely N-dealkylation sites (tertiary alicyclic amines) is 1. The molecule has 1 rings (SSSR count). The number of carbonyl (C=O) groups excluding carboxylic acids is 1. The maximum atomic E-state index is 10.8. The summed E-state index contributed by atoms with van der Waals surface area (Å²) in [4.78, 5) is 12.7. The Labute approximate surface area is 72.3 Å². The Morgan fingerprint density at radius 1 is 1.58 bits per heavy atom. The van der Waals surface area contributed by atoms with E-state index in [0.717, 1.165) is 19.4 Å². The van der Waals surface area contributed by atoms with Crippen LogP contribution in [-0.4, -0.2) is 23.6 Å². The fraction of sp³-hybridized carbons (Fsp3) is 0.444. The van der Waals surface area contributed by atoms with Gasteiger partial charge < -0.3 is 9.64 Å². The number of ether oxygens (including phenoxy) is 1. The second-order valence-corrected chi connectivity index (χ2v) is 2.66. The third kappa shape index (κ3) is 1.87. The van der Waals surface area contributed by atoms with Gasteiger partial charge in [0.15, 0.2) is 6.23 Å². The summed E-state index contributed by atoms with van der Waals surface area (Å²) in [5.41, 5.74) is 0. The van der Waals surface area contributed by atoms with Gasteiger partial charge in [-0.25, -0.2) is 4.79 Å². The number of rotatable bonds is 3. The van der Waals surface area contributed by atoms with E-state index >= 15 is 0 Å². The van der Waals surface area contributed by atoms with E-state index in [1.54, 1.807) is 6.20 Å².